The fourth-order valence-corrected chi connectivity index (χ4v) is 1.37. The van der Waals surface area contributed by atoms with Crippen molar-refractivity contribution in [3.63, 3.8) is 0 Å². The molecule has 0 amide bonds. The van der Waals surface area contributed by atoms with E-state index < -0.39 is 12.3 Å². The SMILES string of the molecule is COC(CC(C#N)Nc1ccc(F)cc1)OC. The van der Waals surface area contributed by atoms with E-state index in [1.807, 2.05) is 0 Å². The zero-order chi connectivity index (χ0) is 12.7. The Bertz CT molecular complexity index is 371. The first-order valence-corrected chi connectivity index (χ1v) is 5.17. The summed E-state index contributed by atoms with van der Waals surface area (Å²) in [6, 6.07) is 7.47. The standard InChI is InChI=1S/C12H15FN2O2/c1-16-12(17-2)7-11(8-14)15-10-5-3-9(13)4-6-10/h3-6,11-12,15H,7H2,1-2H3. The van der Waals surface area contributed by atoms with E-state index >= 15 is 0 Å². The van der Waals surface area contributed by atoms with Crippen molar-refractivity contribution >= 4 is 5.69 Å². The minimum Gasteiger partial charge on any atom is -0.370 e. The molecular weight excluding hydrogens is 223 g/mol. The van der Waals surface area contributed by atoms with Crippen LogP contribution in [-0.4, -0.2) is 26.6 Å². The second-order valence-electron chi connectivity index (χ2n) is 3.47. The summed E-state index contributed by atoms with van der Waals surface area (Å²) in [6.07, 6.45) is -0.0477. The summed E-state index contributed by atoms with van der Waals surface area (Å²) in [6.45, 7) is 0. The molecule has 1 rings (SSSR count). The summed E-state index contributed by atoms with van der Waals surface area (Å²) in [5.41, 5.74) is 0.684. The largest absolute Gasteiger partial charge is 0.370 e. The third kappa shape index (κ3) is 4.39. The van der Waals surface area contributed by atoms with E-state index in [4.69, 9.17) is 14.7 Å². The average Bonchev–Trinajstić information content (AvgIpc) is 2.37. The van der Waals surface area contributed by atoms with Crippen LogP contribution in [-0.2, 0) is 9.47 Å². The van der Waals surface area contributed by atoms with Crippen LogP contribution in [0.5, 0.6) is 0 Å². The van der Waals surface area contributed by atoms with Crippen LogP contribution >= 0.6 is 0 Å². The Labute approximate surface area is 100.0 Å². The number of ether oxygens (including phenoxy) is 2. The third-order valence-electron chi connectivity index (χ3n) is 2.29. The predicted molar refractivity (Wildman–Crippen MR) is 61.8 cm³/mol. The second-order valence-corrected chi connectivity index (χ2v) is 3.47. The maximum absolute atomic E-state index is 12.7. The van der Waals surface area contributed by atoms with E-state index in [1.165, 1.54) is 26.4 Å². The van der Waals surface area contributed by atoms with Crippen LogP contribution in [0.15, 0.2) is 24.3 Å². The van der Waals surface area contributed by atoms with Crippen LogP contribution in [0.25, 0.3) is 0 Å². The van der Waals surface area contributed by atoms with Gasteiger partial charge in [-0.25, -0.2) is 4.39 Å². The van der Waals surface area contributed by atoms with Crippen molar-refractivity contribution in [2.75, 3.05) is 19.5 Å². The van der Waals surface area contributed by atoms with Gasteiger partial charge in [0, 0.05) is 26.3 Å². The maximum atomic E-state index is 12.7. The van der Waals surface area contributed by atoms with Gasteiger partial charge in [0.05, 0.1) is 6.07 Å². The van der Waals surface area contributed by atoms with Crippen molar-refractivity contribution in [2.24, 2.45) is 0 Å². The number of methoxy groups -OCH3 is 2. The van der Waals surface area contributed by atoms with E-state index in [2.05, 4.69) is 11.4 Å². The topological polar surface area (TPSA) is 54.3 Å². The number of hydrogen-bond donors (Lipinski definition) is 1. The lowest BCUT2D eigenvalue weighted by atomic mass is 10.2. The first-order valence-electron chi connectivity index (χ1n) is 5.17. The molecule has 17 heavy (non-hydrogen) atoms. The van der Waals surface area contributed by atoms with Gasteiger partial charge in [0.1, 0.15) is 11.9 Å². The zero-order valence-electron chi connectivity index (χ0n) is 9.81. The Hall–Kier alpha value is -1.64. The van der Waals surface area contributed by atoms with Gasteiger partial charge in [0.15, 0.2) is 6.29 Å². The fourth-order valence-electron chi connectivity index (χ4n) is 1.37. The van der Waals surface area contributed by atoms with Crippen LogP contribution in [0, 0.1) is 17.1 Å². The van der Waals surface area contributed by atoms with Gasteiger partial charge >= 0.3 is 0 Å². The first-order chi connectivity index (χ1) is 8.19. The van der Waals surface area contributed by atoms with E-state index in [0.29, 0.717) is 12.1 Å². The van der Waals surface area contributed by atoms with Crippen molar-refractivity contribution in [2.45, 2.75) is 18.8 Å². The highest BCUT2D eigenvalue weighted by Gasteiger charge is 2.14. The van der Waals surface area contributed by atoms with Gasteiger partial charge in [0.25, 0.3) is 0 Å². The van der Waals surface area contributed by atoms with Crippen LogP contribution in [0.4, 0.5) is 10.1 Å². The van der Waals surface area contributed by atoms with Gasteiger partial charge in [-0.1, -0.05) is 0 Å². The number of benzene rings is 1. The molecule has 92 valence electrons. The predicted octanol–water partition coefficient (Wildman–Crippen LogP) is 2.14. The summed E-state index contributed by atoms with van der Waals surface area (Å²) in [4.78, 5) is 0. The van der Waals surface area contributed by atoms with Crippen LogP contribution < -0.4 is 5.32 Å². The van der Waals surface area contributed by atoms with Gasteiger partial charge in [-0.05, 0) is 24.3 Å². The van der Waals surface area contributed by atoms with Gasteiger partial charge in [-0.3, -0.25) is 0 Å². The van der Waals surface area contributed by atoms with Gasteiger partial charge in [-0.2, -0.15) is 5.26 Å². The summed E-state index contributed by atoms with van der Waals surface area (Å²) in [5.74, 6) is -0.310. The number of anilines is 1. The lowest BCUT2D eigenvalue weighted by Gasteiger charge is -2.18. The molecule has 5 heteroatoms. The quantitative estimate of drug-likeness (QED) is 0.771. The summed E-state index contributed by atoms with van der Waals surface area (Å²) in [7, 11) is 3.03. The molecular formula is C12H15FN2O2. The smallest absolute Gasteiger partial charge is 0.159 e. The number of nitrogens with one attached hydrogen (secondary N) is 1. The summed E-state index contributed by atoms with van der Waals surface area (Å²) >= 11 is 0. The molecule has 0 fully saturated rings. The van der Waals surface area contributed by atoms with Gasteiger partial charge in [0.2, 0.25) is 0 Å². The van der Waals surface area contributed by atoms with Crippen molar-refractivity contribution in [3.8, 4) is 6.07 Å². The van der Waals surface area contributed by atoms with E-state index in [9.17, 15) is 4.39 Å². The Morgan fingerprint density at radius 1 is 1.29 bits per heavy atom. The lowest BCUT2D eigenvalue weighted by molar-refractivity contribution is -0.106. The zero-order valence-corrected chi connectivity index (χ0v) is 9.81. The van der Waals surface area contributed by atoms with Crippen molar-refractivity contribution in [1.82, 2.24) is 0 Å². The molecule has 0 aliphatic heterocycles. The molecule has 0 aliphatic carbocycles. The Kier molecular flexibility index (Phi) is 5.40. The molecule has 1 unspecified atom stereocenters. The molecule has 0 spiro atoms. The molecule has 0 radical (unpaired) electrons. The van der Waals surface area contributed by atoms with Crippen LogP contribution in [0.1, 0.15) is 6.42 Å². The number of nitrogens with zero attached hydrogens (tertiary/aromatic N) is 1. The van der Waals surface area contributed by atoms with E-state index in [0.717, 1.165) is 0 Å². The third-order valence-corrected chi connectivity index (χ3v) is 2.29. The number of rotatable bonds is 6. The maximum Gasteiger partial charge on any atom is 0.159 e. The summed E-state index contributed by atoms with van der Waals surface area (Å²) in [5, 5.41) is 12.0. The Morgan fingerprint density at radius 2 is 1.88 bits per heavy atom. The fraction of sp³-hybridized carbons (Fsp3) is 0.417. The normalized spacial score (nSPS) is 12.2. The number of halogens is 1. The highest BCUT2D eigenvalue weighted by atomic mass is 19.1. The van der Waals surface area contributed by atoms with E-state index in [-0.39, 0.29) is 5.82 Å². The van der Waals surface area contributed by atoms with Crippen molar-refractivity contribution in [3.05, 3.63) is 30.1 Å². The lowest BCUT2D eigenvalue weighted by Crippen LogP contribution is -2.26. The number of hydrogen-bond acceptors (Lipinski definition) is 4. The van der Waals surface area contributed by atoms with E-state index in [1.54, 1.807) is 12.1 Å². The first kappa shape index (κ1) is 13.4. The molecule has 0 bridgehead atoms. The monoisotopic (exact) mass is 238 g/mol. The molecule has 0 saturated heterocycles. The van der Waals surface area contributed by atoms with Crippen molar-refractivity contribution < 1.29 is 13.9 Å². The highest BCUT2D eigenvalue weighted by Crippen LogP contribution is 2.12. The Morgan fingerprint density at radius 3 is 2.35 bits per heavy atom. The van der Waals surface area contributed by atoms with Crippen LogP contribution in [0.3, 0.4) is 0 Å². The molecule has 0 aliphatic rings. The molecule has 0 aromatic heterocycles. The van der Waals surface area contributed by atoms with Gasteiger partial charge in [-0.15, -0.1) is 0 Å². The molecule has 1 N–H and O–H groups in total. The minimum atomic E-state index is -0.453. The average molecular weight is 238 g/mol. The van der Waals surface area contributed by atoms with Gasteiger partial charge < -0.3 is 14.8 Å². The van der Waals surface area contributed by atoms with Crippen molar-refractivity contribution in [1.29, 1.82) is 5.26 Å². The van der Waals surface area contributed by atoms with Crippen LogP contribution in [0.2, 0.25) is 0 Å². The molecule has 1 atom stereocenters. The Balaban J connectivity index is 2.58. The molecule has 1 aromatic rings. The molecule has 0 saturated carbocycles. The highest BCUT2D eigenvalue weighted by molar-refractivity contribution is 5.45. The molecule has 4 nitrogen and oxygen atoms in total. The minimum absolute atomic E-state index is 0.310. The second kappa shape index (κ2) is 6.84. The molecule has 1 aromatic carbocycles. The summed E-state index contributed by atoms with van der Waals surface area (Å²) < 4.78 is 22.7. The number of nitriles is 1. The molecule has 0 heterocycles.